The Hall–Kier alpha value is -2.12. The average Bonchev–Trinajstić information content (AvgIpc) is 1.02. The van der Waals surface area contributed by atoms with Crippen LogP contribution in [0.2, 0.25) is 0 Å². The van der Waals surface area contributed by atoms with Crippen molar-refractivity contribution in [3.05, 3.63) is 36.5 Å². The molecule has 11 nitrogen and oxygen atoms in total. The molecular formula is C80H151NO10. The van der Waals surface area contributed by atoms with Crippen LogP contribution in [-0.4, -0.2) is 99.6 Å². The van der Waals surface area contributed by atoms with Gasteiger partial charge < -0.3 is 45.1 Å². The number of hydrogen-bond donors (Lipinski definition) is 6. The maximum Gasteiger partial charge on any atom is 0.306 e. The molecule has 6 N–H and O–H groups in total. The van der Waals surface area contributed by atoms with Crippen LogP contribution in [0.25, 0.3) is 0 Å². The lowest BCUT2D eigenvalue weighted by molar-refractivity contribution is -0.305. The Bertz CT molecular complexity index is 1620. The molecule has 1 aliphatic heterocycles. The maximum atomic E-state index is 13.5. The van der Waals surface area contributed by atoms with E-state index < -0.39 is 67.4 Å². The molecule has 0 saturated carbocycles. The largest absolute Gasteiger partial charge is 0.454 e. The molecule has 8 unspecified atom stereocenters. The van der Waals surface area contributed by atoms with Crippen molar-refractivity contribution in [2.45, 2.75) is 449 Å². The highest BCUT2D eigenvalue weighted by molar-refractivity contribution is 5.80. The molecule has 0 aromatic heterocycles. The predicted octanol–water partition coefficient (Wildman–Crippen LogP) is 21.3. The van der Waals surface area contributed by atoms with E-state index in [-0.39, 0.29) is 13.0 Å². The van der Waals surface area contributed by atoms with Gasteiger partial charge >= 0.3 is 5.97 Å². The summed E-state index contributed by atoms with van der Waals surface area (Å²) in [6.07, 6.45) is 75.0. The number of allylic oxidation sites excluding steroid dienone is 5. The zero-order valence-corrected chi connectivity index (χ0v) is 60.0. The summed E-state index contributed by atoms with van der Waals surface area (Å²) >= 11 is 0. The zero-order chi connectivity index (χ0) is 66.0. The lowest BCUT2D eigenvalue weighted by Gasteiger charge is -2.41. The number of aliphatic hydroxyl groups is 5. The summed E-state index contributed by atoms with van der Waals surface area (Å²) < 4.78 is 17.7. The summed E-state index contributed by atoms with van der Waals surface area (Å²) in [6, 6.07) is -1.02. The van der Waals surface area contributed by atoms with Crippen molar-refractivity contribution in [3.63, 3.8) is 0 Å². The Morgan fingerprint density at radius 1 is 0.429 bits per heavy atom. The summed E-state index contributed by atoms with van der Waals surface area (Å²) in [5, 5.41) is 57.4. The predicted molar refractivity (Wildman–Crippen MR) is 384 cm³/mol. The van der Waals surface area contributed by atoms with Crippen LogP contribution in [0.4, 0.5) is 0 Å². The van der Waals surface area contributed by atoms with E-state index in [1.54, 1.807) is 6.08 Å². The van der Waals surface area contributed by atoms with Gasteiger partial charge in [0.1, 0.15) is 24.4 Å². The standard InChI is InChI=1S/C80H151NO10/c1-4-7-10-13-16-19-22-24-26-28-30-32-34-36-38-39-41-43-45-47-49-52-55-58-61-64-67-73(84)79(88)81-71(72(83)66-63-60-57-54-51-21-18-15-12-9-6-3)70-89-80-78(77(87)76(86)74(69-82)90-80)91-75(85)68-65-62-59-56-53-50-48-46-44-42-40-37-35-33-31-29-27-25-23-20-17-14-11-8-5-2/h16,19,24,26,63,66,71-74,76-78,80,82-84,86-87H,4-15,17-18,20-23,25,27-62,64-65,67-70H2,1-3H3,(H,81,88)/b19-16-,26-24-,66-63+. The Morgan fingerprint density at radius 3 is 1.14 bits per heavy atom. The van der Waals surface area contributed by atoms with Crippen molar-refractivity contribution in [3.8, 4) is 0 Å². The number of carbonyl (C=O) groups is 2. The molecule has 1 saturated heterocycles. The van der Waals surface area contributed by atoms with E-state index in [4.69, 9.17) is 14.2 Å². The van der Waals surface area contributed by atoms with E-state index in [2.05, 4.69) is 50.4 Å². The number of aliphatic hydroxyl groups excluding tert-OH is 5. The molecule has 0 aliphatic carbocycles. The molecule has 0 aromatic carbocycles. The van der Waals surface area contributed by atoms with Crippen molar-refractivity contribution < 1.29 is 49.3 Å². The lowest BCUT2D eigenvalue weighted by atomic mass is 9.99. The molecule has 1 rings (SSSR count). The second kappa shape index (κ2) is 67.8. The number of unbranched alkanes of at least 4 members (excludes halogenated alkanes) is 52. The summed E-state index contributed by atoms with van der Waals surface area (Å²) in [4.78, 5) is 26.8. The van der Waals surface area contributed by atoms with E-state index >= 15 is 0 Å². The molecule has 1 heterocycles. The third kappa shape index (κ3) is 54.7. The van der Waals surface area contributed by atoms with Crippen molar-refractivity contribution >= 4 is 11.9 Å². The first-order valence-corrected chi connectivity index (χ1v) is 39.8. The van der Waals surface area contributed by atoms with Crippen LogP contribution in [-0.2, 0) is 23.8 Å². The van der Waals surface area contributed by atoms with E-state index in [0.717, 1.165) is 64.2 Å². The fraction of sp³-hybridized carbons (Fsp3) is 0.900. The van der Waals surface area contributed by atoms with Crippen LogP contribution in [0.15, 0.2) is 36.5 Å². The molecule has 8 atom stereocenters. The van der Waals surface area contributed by atoms with E-state index in [0.29, 0.717) is 19.3 Å². The van der Waals surface area contributed by atoms with Gasteiger partial charge in [-0.1, -0.05) is 372 Å². The monoisotopic (exact) mass is 1290 g/mol. The molecule has 1 fully saturated rings. The minimum atomic E-state index is -1.61. The van der Waals surface area contributed by atoms with Gasteiger partial charge in [0.25, 0.3) is 0 Å². The molecule has 0 bridgehead atoms. The van der Waals surface area contributed by atoms with Crippen LogP contribution in [0.3, 0.4) is 0 Å². The minimum Gasteiger partial charge on any atom is -0.454 e. The summed E-state index contributed by atoms with van der Waals surface area (Å²) in [5.41, 5.74) is 0. The Morgan fingerprint density at radius 2 is 0.758 bits per heavy atom. The van der Waals surface area contributed by atoms with Gasteiger partial charge in [-0.3, -0.25) is 9.59 Å². The number of nitrogens with one attached hydrogen (secondary N) is 1. The van der Waals surface area contributed by atoms with Gasteiger partial charge in [-0.15, -0.1) is 0 Å². The number of ether oxygens (including phenoxy) is 3. The molecule has 1 aliphatic rings. The van der Waals surface area contributed by atoms with Crippen molar-refractivity contribution in [1.82, 2.24) is 5.32 Å². The first-order chi connectivity index (χ1) is 44.7. The van der Waals surface area contributed by atoms with Crippen molar-refractivity contribution in [1.29, 1.82) is 0 Å². The van der Waals surface area contributed by atoms with Gasteiger partial charge in [0.2, 0.25) is 5.91 Å². The van der Waals surface area contributed by atoms with Crippen LogP contribution in [0.1, 0.15) is 400 Å². The quantitative estimate of drug-likeness (QED) is 0.0195. The van der Waals surface area contributed by atoms with Gasteiger partial charge in [-0.2, -0.15) is 0 Å². The molecule has 0 aromatic rings. The number of carbonyl (C=O) groups excluding carboxylic acids is 2. The number of esters is 1. The molecule has 1 amide bonds. The highest BCUT2D eigenvalue weighted by atomic mass is 16.7. The maximum absolute atomic E-state index is 13.5. The number of amides is 1. The number of rotatable bonds is 70. The molecule has 91 heavy (non-hydrogen) atoms. The van der Waals surface area contributed by atoms with E-state index in [1.807, 2.05) is 6.08 Å². The van der Waals surface area contributed by atoms with Crippen molar-refractivity contribution in [2.24, 2.45) is 0 Å². The molecular weight excluding hydrogens is 1130 g/mol. The Balaban J connectivity index is 2.46. The van der Waals surface area contributed by atoms with Crippen LogP contribution in [0, 0.1) is 0 Å². The van der Waals surface area contributed by atoms with Crippen LogP contribution < -0.4 is 5.32 Å². The van der Waals surface area contributed by atoms with Crippen LogP contribution >= 0.6 is 0 Å². The molecule has 11 heteroatoms. The highest BCUT2D eigenvalue weighted by Crippen LogP contribution is 2.27. The minimum absolute atomic E-state index is 0.130. The highest BCUT2D eigenvalue weighted by Gasteiger charge is 2.47. The molecule has 0 radical (unpaired) electrons. The fourth-order valence-corrected chi connectivity index (χ4v) is 12.8. The smallest absolute Gasteiger partial charge is 0.306 e. The second-order valence-electron chi connectivity index (χ2n) is 27.8. The first-order valence-electron chi connectivity index (χ1n) is 39.8. The Labute approximate surface area is 562 Å². The second-order valence-corrected chi connectivity index (χ2v) is 27.8. The van der Waals surface area contributed by atoms with Gasteiger partial charge in [0, 0.05) is 6.42 Å². The first kappa shape index (κ1) is 86.9. The van der Waals surface area contributed by atoms with Gasteiger partial charge in [-0.25, -0.2) is 0 Å². The summed E-state index contributed by atoms with van der Waals surface area (Å²) in [7, 11) is 0. The van der Waals surface area contributed by atoms with E-state index in [9.17, 15) is 35.1 Å². The van der Waals surface area contributed by atoms with Gasteiger partial charge in [-0.05, 0) is 57.8 Å². The normalized spacial score (nSPS) is 18.1. The van der Waals surface area contributed by atoms with Crippen LogP contribution in [0.5, 0.6) is 0 Å². The summed E-state index contributed by atoms with van der Waals surface area (Å²) in [6.45, 7) is 5.84. The number of hydrogen-bond acceptors (Lipinski definition) is 10. The third-order valence-electron chi connectivity index (χ3n) is 19.0. The third-order valence-corrected chi connectivity index (χ3v) is 19.0. The van der Waals surface area contributed by atoms with Gasteiger partial charge in [0.15, 0.2) is 12.4 Å². The topological polar surface area (TPSA) is 175 Å². The van der Waals surface area contributed by atoms with E-state index in [1.165, 1.54) is 289 Å². The average molecular weight is 1290 g/mol. The zero-order valence-electron chi connectivity index (χ0n) is 60.0. The Kier molecular flexibility index (Phi) is 64.8. The SMILES string of the molecule is CCCCC/C=C\C/C=C\CCCCCCCCCCCCCCCCCCC(O)C(=O)NC(COC1OC(CO)C(O)C(O)C1OC(=O)CCCCCCCCCCCCCCCCCCCCCCCCCCC)C(O)/C=C/CCCCCCCCCCC. The lowest BCUT2D eigenvalue weighted by Crippen LogP contribution is -2.61. The van der Waals surface area contributed by atoms with Crippen molar-refractivity contribution in [2.75, 3.05) is 13.2 Å². The fourth-order valence-electron chi connectivity index (χ4n) is 12.8. The molecule has 0 spiro atoms. The summed E-state index contributed by atoms with van der Waals surface area (Å²) in [5.74, 6) is -1.17. The molecule has 536 valence electrons. The van der Waals surface area contributed by atoms with Gasteiger partial charge in [0.05, 0.1) is 25.4 Å².